The monoisotopic (exact) mass is 590 g/mol. The number of halogens is 2. The smallest absolute Gasteiger partial charge is 0.178 e. The zero-order valence-electron chi connectivity index (χ0n) is 22.6. The molecule has 3 saturated carbocycles. The molecule has 6 rings (SSSR count). The van der Waals surface area contributed by atoms with Crippen molar-refractivity contribution in [2.45, 2.75) is 88.3 Å². The third-order valence-electron chi connectivity index (χ3n) is 10.5. The fourth-order valence-electron chi connectivity index (χ4n) is 8.85. The van der Waals surface area contributed by atoms with E-state index in [1.54, 1.807) is 24.3 Å². The number of allylic oxidation sites excluding steroid dienone is 4. The molecule has 0 amide bonds. The molecule has 6 unspecified atom stereocenters. The maximum atomic E-state index is 14.4. The topological polar surface area (TPSA) is 72.8 Å². The summed E-state index contributed by atoms with van der Waals surface area (Å²) in [6.45, 7) is 6.40. The van der Waals surface area contributed by atoms with Crippen LogP contribution in [-0.2, 0) is 19.1 Å². The van der Waals surface area contributed by atoms with Crippen LogP contribution in [0.1, 0.15) is 59.3 Å². The fourth-order valence-corrected chi connectivity index (χ4v) is 10.3. The van der Waals surface area contributed by atoms with Gasteiger partial charge in [0, 0.05) is 26.7 Å². The summed E-state index contributed by atoms with van der Waals surface area (Å²) < 4.78 is 13.3. The summed E-state index contributed by atoms with van der Waals surface area (Å²) in [6, 6.07) is 5.31. The first-order chi connectivity index (χ1) is 18.5. The maximum Gasteiger partial charge on any atom is 0.178 e. The molecule has 4 aliphatic carbocycles. The summed E-state index contributed by atoms with van der Waals surface area (Å²) in [5.74, 6) is 0.573. The highest BCUT2D eigenvalue weighted by molar-refractivity contribution is 8.00. The summed E-state index contributed by atoms with van der Waals surface area (Å²) in [6.07, 6.45) is 8.56. The first-order valence-corrected chi connectivity index (χ1v) is 15.8. The average molecular weight is 592 g/mol. The lowest BCUT2D eigenvalue weighted by Gasteiger charge is -2.59. The van der Waals surface area contributed by atoms with Gasteiger partial charge in [-0.3, -0.25) is 9.59 Å². The van der Waals surface area contributed by atoms with Gasteiger partial charge in [-0.1, -0.05) is 62.0 Å². The van der Waals surface area contributed by atoms with Crippen LogP contribution in [0.5, 0.6) is 0 Å². The van der Waals surface area contributed by atoms with Gasteiger partial charge in [0.25, 0.3) is 0 Å². The lowest BCUT2D eigenvalue weighted by Crippen LogP contribution is -2.63. The number of fused-ring (bicyclic) bond motifs is 7. The first-order valence-electron chi connectivity index (χ1n) is 14.1. The van der Waals surface area contributed by atoms with Gasteiger partial charge in [-0.05, 0) is 74.3 Å². The van der Waals surface area contributed by atoms with Crippen molar-refractivity contribution in [1.29, 1.82) is 0 Å². The molecule has 9 atom stereocenters. The largest absolute Gasteiger partial charge is 0.393 e. The summed E-state index contributed by atoms with van der Waals surface area (Å²) >= 11 is 13.9. The van der Waals surface area contributed by atoms with E-state index in [0.29, 0.717) is 16.5 Å². The highest BCUT2D eigenvalue weighted by Gasteiger charge is 2.75. The van der Waals surface area contributed by atoms with Gasteiger partial charge < -0.3 is 14.6 Å². The number of carbonyl (C=O) groups is 2. The van der Waals surface area contributed by atoms with Crippen molar-refractivity contribution in [2.24, 2.45) is 28.6 Å². The van der Waals surface area contributed by atoms with Gasteiger partial charge in [-0.25, -0.2) is 0 Å². The Morgan fingerprint density at radius 1 is 1.26 bits per heavy atom. The van der Waals surface area contributed by atoms with Crippen LogP contribution in [0, 0.1) is 28.6 Å². The lowest BCUT2D eigenvalue weighted by atomic mass is 9.46. The van der Waals surface area contributed by atoms with Gasteiger partial charge in [-0.2, -0.15) is 0 Å². The molecule has 0 aromatic heterocycles. The van der Waals surface area contributed by atoms with Crippen molar-refractivity contribution in [3.8, 4) is 0 Å². The predicted octanol–water partition coefficient (Wildman–Crippen LogP) is 6.82. The minimum atomic E-state index is -1.12. The number of aliphatic hydroxyl groups excluding tert-OH is 1. The highest BCUT2D eigenvalue weighted by atomic mass is 35.5. The molecule has 1 aliphatic heterocycles. The molecule has 4 fully saturated rings. The van der Waals surface area contributed by atoms with Crippen LogP contribution in [0.25, 0.3) is 0 Å². The first kappa shape index (κ1) is 28.0. The number of benzene rings is 1. The molecule has 1 aromatic carbocycles. The molecule has 1 heterocycles. The molecule has 8 heteroatoms. The Morgan fingerprint density at radius 2 is 2.05 bits per heavy atom. The van der Waals surface area contributed by atoms with E-state index in [1.165, 1.54) is 11.8 Å². The third-order valence-corrected chi connectivity index (χ3v) is 12.2. The second-order valence-electron chi connectivity index (χ2n) is 12.4. The van der Waals surface area contributed by atoms with E-state index in [1.807, 2.05) is 12.1 Å². The minimum Gasteiger partial charge on any atom is -0.393 e. The molecular weight excluding hydrogens is 555 g/mol. The number of ketones is 2. The van der Waals surface area contributed by atoms with Crippen molar-refractivity contribution >= 4 is 46.5 Å². The number of hydrogen-bond donors (Lipinski definition) is 1. The molecular formula is C31H36Cl2O5S. The van der Waals surface area contributed by atoms with Crippen LogP contribution in [0.2, 0.25) is 10.0 Å². The molecule has 5 nitrogen and oxygen atoms in total. The Hall–Kier alpha value is -1.15. The van der Waals surface area contributed by atoms with Crippen LogP contribution in [0.3, 0.4) is 0 Å². The Balaban J connectivity index is 1.34. The standard InChI is InChI=1S/C31H36Cl2O5S/c1-4-5-27-37-26-14-21-20-8-6-17-12-19(34)10-11-29(17,2)28(20)23(35)15-30(21,3)31(26,38-27)25(36)16-39-24-9-7-18(32)13-22(24)33/h7,9-13,20-21,23,26-28,35H,4-6,8,14-16H2,1-3H3/t20?,21?,23?,26-,27-,28?,29?,30?,31-/m1/s1. The van der Waals surface area contributed by atoms with Crippen molar-refractivity contribution in [3.05, 3.63) is 52.0 Å². The van der Waals surface area contributed by atoms with Crippen molar-refractivity contribution in [1.82, 2.24) is 0 Å². The number of ether oxygens (including phenoxy) is 2. The van der Waals surface area contributed by atoms with E-state index < -0.39 is 23.4 Å². The number of carbonyl (C=O) groups excluding carboxylic acids is 2. The van der Waals surface area contributed by atoms with Crippen molar-refractivity contribution in [2.75, 3.05) is 5.75 Å². The molecule has 0 radical (unpaired) electrons. The second kappa shape index (κ2) is 9.99. The van der Waals surface area contributed by atoms with Crippen LogP contribution in [0.4, 0.5) is 0 Å². The molecule has 1 N–H and O–H groups in total. The lowest BCUT2D eigenvalue weighted by molar-refractivity contribution is -0.197. The number of hydrogen-bond acceptors (Lipinski definition) is 6. The molecule has 1 aromatic rings. The van der Waals surface area contributed by atoms with Gasteiger partial charge in [0.05, 0.1) is 23.0 Å². The minimum absolute atomic E-state index is 0.00327. The Morgan fingerprint density at radius 3 is 2.79 bits per heavy atom. The zero-order valence-corrected chi connectivity index (χ0v) is 25.0. The van der Waals surface area contributed by atoms with E-state index in [-0.39, 0.29) is 46.6 Å². The third kappa shape index (κ3) is 4.15. The van der Waals surface area contributed by atoms with E-state index in [2.05, 4.69) is 20.8 Å². The van der Waals surface area contributed by atoms with E-state index in [4.69, 9.17) is 32.7 Å². The maximum absolute atomic E-state index is 14.4. The van der Waals surface area contributed by atoms with Gasteiger partial charge >= 0.3 is 0 Å². The quantitative estimate of drug-likeness (QED) is 0.366. The summed E-state index contributed by atoms with van der Waals surface area (Å²) in [4.78, 5) is 27.3. The van der Waals surface area contributed by atoms with E-state index >= 15 is 0 Å². The molecule has 210 valence electrons. The van der Waals surface area contributed by atoms with Crippen LogP contribution < -0.4 is 0 Å². The molecule has 0 spiro atoms. The van der Waals surface area contributed by atoms with Crippen LogP contribution >= 0.6 is 35.0 Å². The van der Waals surface area contributed by atoms with Crippen molar-refractivity contribution in [3.63, 3.8) is 0 Å². The average Bonchev–Trinajstić information content (AvgIpc) is 3.36. The molecule has 39 heavy (non-hydrogen) atoms. The summed E-state index contributed by atoms with van der Waals surface area (Å²) in [7, 11) is 0. The zero-order chi connectivity index (χ0) is 27.7. The highest BCUT2D eigenvalue weighted by Crippen LogP contribution is 2.69. The molecule has 0 bridgehead atoms. The van der Waals surface area contributed by atoms with Crippen LogP contribution in [0.15, 0.2) is 46.9 Å². The second-order valence-corrected chi connectivity index (χ2v) is 14.3. The van der Waals surface area contributed by atoms with Crippen molar-refractivity contribution < 1.29 is 24.2 Å². The van der Waals surface area contributed by atoms with E-state index in [0.717, 1.165) is 42.6 Å². The number of rotatable bonds is 6. The number of aliphatic hydroxyl groups is 1. The SMILES string of the molecule is CCC[C@@H]1O[C@@H]2CC3C4CCC5=CC(=O)C=CC5(C)C4C(O)CC3(C)[C@]2(C(=O)CSc2ccc(Cl)cc2Cl)O1. The Bertz CT molecular complexity index is 1260. The predicted molar refractivity (Wildman–Crippen MR) is 153 cm³/mol. The van der Waals surface area contributed by atoms with Gasteiger partial charge in [-0.15, -0.1) is 11.8 Å². The Labute approximate surface area is 244 Å². The number of Topliss-reactive ketones (excluding diaryl/α,β-unsaturated/α-hetero) is 1. The normalized spacial score (nSPS) is 42.4. The van der Waals surface area contributed by atoms with Gasteiger partial charge in [0.1, 0.15) is 0 Å². The molecule has 1 saturated heterocycles. The molecule has 5 aliphatic rings. The fraction of sp³-hybridized carbons (Fsp3) is 0.613. The summed E-state index contributed by atoms with van der Waals surface area (Å²) in [5, 5.41) is 12.9. The van der Waals surface area contributed by atoms with Crippen LogP contribution in [-0.4, -0.2) is 46.5 Å². The Kier molecular flexibility index (Phi) is 7.17. The van der Waals surface area contributed by atoms with Gasteiger partial charge in [0.2, 0.25) is 0 Å². The number of thioether (sulfide) groups is 1. The van der Waals surface area contributed by atoms with E-state index in [9.17, 15) is 14.7 Å². The van der Waals surface area contributed by atoms with Gasteiger partial charge in [0.15, 0.2) is 23.5 Å². The summed E-state index contributed by atoms with van der Waals surface area (Å²) in [5.41, 5.74) is -0.937.